The Morgan fingerprint density at radius 3 is 2.48 bits per heavy atom. The Morgan fingerprint density at radius 1 is 1.15 bits per heavy atom. The number of halogens is 1. The van der Waals surface area contributed by atoms with E-state index in [0.29, 0.717) is 31.9 Å². The van der Waals surface area contributed by atoms with Gasteiger partial charge in [-0.15, -0.1) is 0 Å². The minimum atomic E-state index is -3.69. The number of ether oxygens (including phenoxy) is 1. The summed E-state index contributed by atoms with van der Waals surface area (Å²) in [6.45, 7) is 3.23. The van der Waals surface area contributed by atoms with Crippen LogP contribution in [0, 0.1) is 12.7 Å². The highest BCUT2D eigenvalue weighted by Gasteiger charge is 2.28. The fourth-order valence-corrected chi connectivity index (χ4v) is 4.49. The summed E-state index contributed by atoms with van der Waals surface area (Å²) in [5, 5.41) is 2.72. The lowest BCUT2D eigenvalue weighted by atomic mass is 10.1. The number of hydrogen-bond donors (Lipinski definition) is 1. The number of carbonyl (C=O) groups excluding carboxylic acids is 1. The van der Waals surface area contributed by atoms with Gasteiger partial charge < -0.3 is 10.1 Å². The highest BCUT2D eigenvalue weighted by atomic mass is 32.2. The van der Waals surface area contributed by atoms with Crippen LogP contribution in [0.15, 0.2) is 47.4 Å². The second kappa shape index (κ2) is 8.16. The smallest absolute Gasteiger partial charge is 0.251 e. The molecule has 1 fully saturated rings. The van der Waals surface area contributed by atoms with Gasteiger partial charge in [0.1, 0.15) is 5.82 Å². The van der Waals surface area contributed by atoms with Crippen molar-refractivity contribution in [1.29, 1.82) is 0 Å². The normalized spacial score (nSPS) is 15.5. The van der Waals surface area contributed by atoms with Gasteiger partial charge in [-0.05, 0) is 42.3 Å². The number of sulfonamides is 1. The maximum Gasteiger partial charge on any atom is 0.251 e. The van der Waals surface area contributed by atoms with E-state index >= 15 is 0 Å². The Morgan fingerprint density at radius 2 is 1.81 bits per heavy atom. The average Bonchev–Trinajstić information content (AvgIpc) is 2.68. The van der Waals surface area contributed by atoms with Crippen molar-refractivity contribution >= 4 is 15.9 Å². The molecule has 1 amide bonds. The van der Waals surface area contributed by atoms with Crippen LogP contribution < -0.4 is 5.32 Å². The predicted octanol–water partition coefficient (Wildman–Crippen LogP) is 2.09. The Balaban J connectivity index is 1.77. The maximum absolute atomic E-state index is 12.9. The van der Waals surface area contributed by atoms with E-state index in [1.54, 1.807) is 31.2 Å². The number of amides is 1. The van der Waals surface area contributed by atoms with Crippen LogP contribution in [0.4, 0.5) is 4.39 Å². The molecule has 1 aliphatic heterocycles. The molecule has 0 aromatic heterocycles. The summed E-state index contributed by atoms with van der Waals surface area (Å²) in [5.41, 5.74) is 1.59. The van der Waals surface area contributed by atoms with Crippen molar-refractivity contribution in [3.63, 3.8) is 0 Å². The molecule has 1 saturated heterocycles. The number of hydrogen-bond acceptors (Lipinski definition) is 4. The van der Waals surface area contributed by atoms with Gasteiger partial charge in [-0.1, -0.05) is 18.2 Å². The van der Waals surface area contributed by atoms with Gasteiger partial charge in [-0.2, -0.15) is 4.31 Å². The Hall–Kier alpha value is -2.29. The van der Waals surface area contributed by atoms with E-state index in [9.17, 15) is 17.6 Å². The summed E-state index contributed by atoms with van der Waals surface area (Å²) in [6, 6.07) is 10.4. The van der Waals surface area contributed by atoms with Crippen molar-refractivity contribution in [3.8, 4) is 0 Å². The second-order valence-corrected chi connectivity index (χ2v) is 8.21. The van der Waals surface area contributed by atoms with Crippen LogP contribution in [0.2, 0.25) is 0 Å². The molecule has 1 N–H and O–H groups in total. The first kappa shape index (κ1) is 19.5. The minimum Gasteiger partial charge on any atom is -0.379 e. The average molecular weight is 392 g/mol. The molecule has 144 valence electrons. The van der Waals surface area contributed by atoms with Crippen molar-refractivity contribution < 1.29 is 22.3 Å². The monoisotopic (exact) mass is 392 g/mol. The van der Waals surface area contributed by atoms with E-state index in [2.05, 4.69) is 5.32 Å². The molecule has 1 aliphatic rings. The Kier molecular flexibility index (Phi) is 5.88. The lowest BCUT2D eigenvalue weighted by Crippen LogP contribution is -2.41. The van der Waals surface area contributed by atoms with Crippen LogP contribution in [0.1, 0.15) is 21.5 Å². The predicted molar refractivity (Wildman–Crippen MR) is 98.3 cm³/mol. The van der Waals surface area contributed by atoms with Crippen molar-refractivity contribution in [1.82, 2.24) is 9.62 Å². The third-order valence-electron chi connectivity index (χ3n) is 4.40. The topological polar surface area (TPSA) is 75.7 Å². The SMILES string of the molecule is Cc1ccc(C(=O)NCc2ccc(F)cc2)cc1S(=O)(=O)N1CCOCC1. The first-order valence-corrected chi connectivity index (χ1v) is 10.0. The minimum absolute atomic E-state index is 0.124. The van der Waals surface area contributed by atoms with Crippen molar-refractivity contribution in [2.45, 2.75) is 18.4 Å². The summed E-state index contributed by atoms with van der Waals surface area (Å²) in [6.07, 6.45) is 0. The van der Waals surface area contributed by atoms with Crippen LogP contribution in [-0.4, -0.2) is 44.9 Å². The van der Waals surface area contributed by atoms with E-state index in [4.69, 9.17) is 4.74 Å². The van der Waals surface area contributed by atoms with E-state index in [-0.39, 0.29) is 22.8 Å². The molecule has 6 nitrogen and oxygen atoms in total. The van der Waals surface area contributed by atoms with Crippen molar-refractivity contribution in [2.24, 2.45) is 0 Å². The number of nitrogens with zero attached hydrogens (tertiary/aromatic N) is 1. The number of morpholine rings is 1. The van der Waals surface area contributed by atoms with Crippen LogP contribution in [0.3, 0.4) is 0 Å². The Labute approximate surface area is 158 Å². The zero-order valence-electron chi connectivity index (χ0n) is 14.9. The highest BCUT2D eigenvalue weighted by Crippen LogP contribution is 2.22. The summed E-state index contributed by atoms with van der Waals surface area (Å²) in [5.74, 6) is -0.737. The molecular weight excluding hydrogens is 371 g/mol. The molecule has 0 unspecified atom stereocenters. The number of carbonyl (C=O) groups is 1. The molecule has 2 aromatic carbocycles. The number of nitrogens with one attached hydrogen (secondary N) is 1. The summed E-state index contributed by atoms with van der Waals surface area (Å²) < 4.78 is 45.3. The molecule has 8 heteroatoms. The first-order valence-electron chi connectivity index (χ1n) is 8.59. The van der Waals surface area contributed by atoms with E-state index in [1.807, 2.05) is 0 Å². The summed E-state index contributed by atoms with van der Waals surface area (Å²) in [7, 11) is -3.69. The van der Waals surface area contributed by atoms with Gasteiger partial charge in [-0.3, -0.25) is 4.79 Å². The van der Waals surface area contributed by atoms with Gasteiger partial charge in [0.2, 0.25) is 10.0 Å². The quantitative estimate of drug-likeness (QED) is 0.845. The molecule has 0 aliphatic carbocycles. The van der Waals surface area contributed by atoms with Gasteiger partial charge in [0.15, 0.2) is 0 Å². The lowest BCUT2D eigenvalue weighted by molar-refractivity contribution is 0.0730. The van der Waals surface area contributed by atoms with Gasteiger partial charge >= 0.3 is 0 Å². The van der Waals surface area contributed by atoms with E-state index in [0.717, 1.165) is 5.56 Å². The fraction of sp³-hybridized carbons (Fsp3) is 0.316. The van der Waals surface area contributed by atoms with E-state index < -0.39 is 15.9 Å². The van der Waals surface area contributed by atoms with Crippen molar-refractivity contribution in [2.75, 3.05) is 26.3 Å². The van der Waals surface area contributed by atoms with Gasteiger partial charge in [0, 0.05) is 25.2 Å². The lowest BCUT2D eigenvalue weighted by Gasteiger charge is -2.26. The summed E-state index contributed by atoms with van der Waals surface area (Å²) >= 11 is 0. The number of aryl methyl sites for hydroxylation is 1. The third kappa shape index (κ3) is 4.52. The molecule has 0 saturated carbocycles. The van der Waals surface area contributed by atoms with Gasteiger partial charge in [-0.25, -0.2) is 12.8 Å². The maximum atomic E-state index is 12.9. The first-order chi connectivity index (χ1) is 12.9. The van der Waals surface area contributed by atoms with Crippen molar-refractivity contribution in [3.05, 3.63) is 65.0 Å². The van der Waals surface area contributed by atoms with Gasteiger partial charge in [0.25, 0.3) is 5.91 Å². The van der Waals surface area contributed by atoms with Crippen LogP contribution >= 0.6 is 0 Å². The van der Waals surface area contributed by atoms with E-state index in [1.165, 1.54) is 22.5 Å². The fourth-order valence-electron chi connectivity index (χ4n) is 2.83. The third-order valence-corrected chi connectivity index (χ3v) is 6.45. The number of benzene rings is 2. The van der Waals surface area contributed by atoms with Crippen LogP contribution in [0.5, 0.6) is 0 Å². The molecule has 0 spiro atoms. The molecule has 27 heavy (non-hydrogen) atoms. The zero-order chi connectivity index (χ0) is 19.4. The second-order valence-electron chi connectivity index (χ2n) is 6.31. The molecule has 0 radical (unpaired) electrons. The highest BCUT2D eigenvalue weighted by molar-refractivity contribution is 7.89. The standard InChI is InChI=1S/C19H21FN2O4S/c1-14-2-5-16(19(23)21-13-15-3-6-17(20)7-4-15)12-18(14)27(24,25)22-8-10-26-11-9-22/h2-7,12H,8-11,13H2,1H3,(H,21,23). The largest absolute Gasteiger partial charge is 0.379 e. The molecular formula is C19H21FN2O4S. The number of rotatable bonds is 5. The van der Waals surface area contributed by atoms with Crippen LogP contribution in [-0.2, 0) is 21.3 Å². The molecule has 3 rings (SSSR count). The molecule has 0 atom stereocenters. The van der Waals surface area contributed by atoms with Gasteiger partial charge in [0.05, 0.1) is 18.1 Å². The summed E-state index contributed by atoms with van der Waals surface area (Å²) in [4.78, 5) is 12.6. The molecule has 0 bridgehead atoms. The molecule has 2 aromatic rings. The molecule has 1 heterocycles. The van der Waals surface area contributed by atoms with Crippen LogP contribution in [0.25, 0.3) is 0 Å². The zero-order valence-corrected chi connectivity index (χ0v) is 15.8. The Bertz CT molecular complexity index is 923.